The lowest BCUT2D eigenvalue weighted by Crippen LogP contribution is -2.36. The van der Waals surface area contributed by atoms with Crippen LogP contribution in [0.15, 0.2) is 24.3 Å². The number of nitrogen functional groups attached to an aromatic ring is 1. The van der Waals surface area contributed by atoms with Crippen molar-refractivity contribution in [3.8, 4) is 0 Å². The Balaban J connectivity index is 1.92. The van der Waals surface area contributed by atoms with Crippen LogP contribution in [-0.4, -0.2) is 23.9 Å². The second-order valence-electron chi connectivity index (χ2n) is 6.11. The summed E-state index contributed by atoms with van der Waals surface area (Å²) in [6.45, 7) is 7.94. The third kappa shape index (κ3) is 3.78. The van der Waals surface area contributed by atoms with Crippen LogP contribution in [0.25, 0.3) is 0 Å². The Hall–Kier alpha value is -1.39. The summed E-state index contributed by atoms with van der Waals surface area (Å²) >= 11 is 0. The molecule has 0 aliphatic carbocycles. The van der Waals surface area contributed by atoms with Gasteiger partial charge in [0, 0.05) is 12.1 Å². The first-order chi connectivity index (χ1) is 9.00. The molecule has 0 saturated carbocycles. The molecule has 1 aromatic carbocycles. The fraction of sp³-hybridized carbons (Fsp3) is 0.533. The largest absolute Gasteiger partial charge is 0.299 e. The molecule has 0 unspecified atom stereocenters. The molecule has 4 heteroatoms. The van der Waals surface area contributed by atoms with Crippen molar-refractivity contribution >= 4 is 5.91 Å². The van der Waals surface area contributed by atoms with Gasteiger partial charge in [0.1, 0.15) is 0 Å². The van der Waals surface area contributed by atoms with Crippen molar-refractivity contribution in [2.75, 3.05) is 13.1 Å². The second-order valence-corrected chi connectivity index (χ2v) is 6.11. The first-order valence-corrected chi connectivity index (χ1v) is 6.82. The molecule has 1 fully saturated rings. The number of carbonyl (C=O) groups is 1. The summed E-state index contributed by atoms with van der Waals surface area (Å²) in [7, 11) is 0. The molecule has 1 aliphatic rings. The summed E-state index contributed by atoms with van der Waals surface area (Å²) in [6, 6.07) is 7.66. The average molecular weight is 261 g/mol. The van der Waals surface area contributed by atoms with Crippen molar-refractivity contribution in [2.24, 2.45) is 11.3 Å². The first-order valence-electron chi connectivity index (χ1n) is 6.82. The van der Waals surface area contributed by atoms with Crippen molar-refractivity contribution in [1.29, 1.82) is 0 Å². The Morgan fingerprint density at radius 2 is 1.84 bits per heavy atom. The van der Waals surface area contributed by atoms with Crippen molar-refractivity contribution < 1.29 is 4.79 Å². The van der Waals surface area contributed by atoms with E-state index in [0.717, 1.165) is 19.6 Å². The monoisotopic (exact) mass is 261 g/mol. The van der Waals surface area contributed by atoms with Gasteiger partial charge in [-0.1, -0.05) is 26.0 Å². The van der Waals surface area contributed by atoms with Crippen LogP contribution in [-0.2, 0) is 6.54 Å². The molecule has 104 valence electrons. The highest BCUT2D eigenvalue weighted by atomic mass is 16.2. The predicted molar refractivity (Wildman–Crippen MR) is 76.4 cm³/mol. The molecule has 4 nitrogen and oxygen atoms in total. The smallest absolute Gasteiger partial charge is 0.265 e. The molecule has 0 radical (unpaired) electrons. The molecule has 0 spiro atoms. The number of carbonyl (C=O) groups excluding carboxylic acids is 1. The predicted octanol–water partition coefficient (Wildman–Crippen LogP) is 1.91. The summed E-state index contributed by atoms with van der Waals surface area (Å²) < 4.78 is 0. The number of hydrogen-bond acceptors (Lipinski definition) is 3. The van der Waals surface area contributed by atoms with Gasteiger partial charge < -0.3 is 0 Å². The third-order valence-corrected chi connectivity index (χ3v) is 3.96. The number of benzene rings is 1. The van der Waals surface area contributed by atoms with E-state index in [2.05, 4.69) is 24.2 Å². The molecule has 2 rings (SSSR count). The number of hydrazine groups is 1. The normalized spacial score (nSPS) is 19.1. The van der Waals surface area contributed by atoms with Gasteiger partial charge >= 0.3 is 0 Å². The van der Waals surface area contributed by atoms with Crippen LogP contribution < -0.4 is 11.3 Å². The summed E-state index contributed by atoms with van der Waals surface area (Å²) in [5.74, 6) is 4.86. The number of nitrogens with one attached hydrogen (secondary N) is 1. The van der Waals surface area contributed by atoms with E-state index >= 15 is 0 Å². The first kappa shape index (κ1) is 14.0. The molecule has 1 saturated heterocycles. The van der Waals surface area contributed by atoms with Gasteiger partial charge in [-0.15, -0.1) is 0 Å². The maximum absolute atomic E-state index is 11.3. The molecular formula is C15H23N3O. The highest BCUT2D eigenvalue weighted by Gasteiger charge is 2.25. The van der Waals surface area contributed by atoms with Crippen molar-refractivity contribution in [3.63, 3.8) is 0 Å². The molecule has 1 aliphatic heterocycles. The quantitative estimate of drug-likeness (QED) is 0.496. The minimum absolute atomic E-state index is 0.244. The Labute approximate surface area is 114 Å². The third-order valence-electron chi connectivity index (χ3n) is 3.96. The van der Waals surface area contributed by atoms with Gasteiger partial charge in [-0.25, -0.2) is 5.84 Å². The summed E-state index contributed by atoms with van der Waals surface area (Å²) in [6.07, 6.45) is 2.50. The number of hydrogen-bond donors (Lipinski definition) is 2. The van der Waals surface area contributed by atoms with Crippen LogP contribution in [0.1, 0.15) is 42.6 Å². The maximum Gasteiger partial charge on any atom is 0.265 e. The van der Waals surface area contributed by atoms with Crippen molar-refractivity contribution in [3.05, 3.63) is 35.4 Å². The van der Waals surface area contributed by atoms with Gasteiger partial charge in [-0.2, -0.15) is 0 Å². The molecule has 1 heterocycles. The lowest BCUT2D eigenvalue weighted by Gasteiger charge is -2.36. The fourth-order valence-electron chi connectivity index (χ4n) is 2.42. The number of piperidine rings is 1. The van der Waals surface area contributed by atoms with Gasteiger partial charge in [0.05, 0.1) is 0 Å². The van der Waals surface area contributed by atoms with E-state index < -0.39 is 0 Å². The highest BCUT2D eigenvalue weighted by Crippen LogP contribution is 2.30. The molecule has 1 aromatic rings. The van der Waals surface area contributed by atoms with Gasteiger partial charge in [-0.05, 0) is 49.0 Å². The zero-order chi connectivity index (χ0) is 13.9. The SMILES string of the molecule is CC1(C)CCN(Cc2ccc(C(=O)NN)cc2)CC1. The van der Waals surface area contributed by atoms with E-state index in [0.29, 0.717) is 11.0 Å². The molecule has 0 aromatic heterocycles. The molecule has 0 atom stereocenters. The Bertz CT molecular complexity index is 429. The lowest BCUT2D eigenvalue weighted by molar-refractivity contribution is 0.0953. The zero-order valence-electron chi connectivity index (χ0n) is 11.8. The Morgan fingerprint density at radius 3 is 2.37 bits per heavy atom. The van der Waals surface area contributed by atoms with E-state index in [1.165, 1.54) is 18.4 Å². The van der Waals surface area contributed by atoms with Crippen LogP contribution in [0.4, 0.5) is 0 Å². The van der Waals surface area contributed by atoms with Crippen LogP contribution in [0.3, 0.4) is 0 Å². The number of nitrogens with zero attached hydrogens (tertiary/aromatic N) is 1. The van der Waals surface area contributed by atoms with Gasteiger partial charge in [-0.3, -0.25) is 15.1 Å². The fourth-order valence-corrected chi connectivity index (χ4v) is 2.42. The van der Waals surface area contributed by atoms with Crippen LogP contribution in [0.2, 0.25) is 0 Å². The maximum atomic E-state index is 11.3. The number of nitrogens with two attached hydrogens (primary N) is 1. The summed E-state index contributed by atoms with van der Waals surface area (Å²) in [5.41, 5.74) is 4.47. The minimum Gasteiger partial charge on any atom is -0.299 e. The van der Waals surface area contributed by atoms with Crippen molar-refractivity contribution in [1.82, 2.24) is 10.3 Å². The van der Waals surface area contributed by atoms with Gasteiger partial charge in [0.2, 0.25) is 0 Å². The second kappa shape index (κ2) is 5.72. The van der Waals surface area contributed by atoms with Gasteiger partial charge in [0.15, 0.2) is 0 Å². The molecular weight excluding hydrogens is 238 g/mol. The Kier molecular flexibility index (Phi) is 4.22. The lowest BCUT2D eigenvalue weighted by atomic mass is 9.82. The molecule has 3 N–H and O–H groups in total. The van der Waals surface area contributed by atoms with Crippen molar-refractivity contribution in [2.45, 2.75) is 33.2 Å². The molecule has 1 amide bonds. The minimum atomic E-state index is -0.244. The molecule has 0 bridgehead atoms. The summed E-state index contributed by atoms with van der Waals surface area (Å²) in [5, 5.41) is 0. The van der Waals surface area contributed by atoms with E-state index in [-0.39, 0.29) is 5.91 Å². The number of amides is 1. The van der Waals surface area contributed by atoms with Crippen LogP contribution >= 0.6 is 0 Å². The average Bonchev–Trinajstić information content (AvgIpc) is 2.41. The van der Waals surface area contributed by atoms with Crippen LogP contribution in [0.5, 0.6) is 0 Å². The molecule has 19 heavy (non-hydrogen) atoms. The number of likely N-dealkylation sites (tertiary alicyclic amines) is 1. The summed E-state index contributed by atoms with van der Waals surface area (Å²) in [4.78, 5) is 13.8. The zero-order valence-corrected chi connectivity index (χ0v) is 11.8. The van der Waals surface area contributed by atoms with Gasteiger partial charge in [0.25, 0.3) is 5.91 Å². The van der Waals surface area contributed by atoms with E-state index in [9.17, 15) is 4.79 Å². The number of rotatable bonds is 3. The van der Waals surface area contributed by atoms with E-state index in [1.807, 2.05) is 24.3 Å². The van der Waals surface area contributed by atoms with Crippen LogP contribution in [0, 0.1) is 5.41 Å². The Morgan fingerprint density at radius 1 is 1.26 bits per heavy atom. The van der Waals surface area contributed by atoms with E-state index in [1.54, 1.807) is 0 Å². The standard InChI is InChI=1S/C15H23N3O/c1-15(2)7-9-18(10-8-15)11-12-3-5-13(6-4-12)14(19)17-16/h3-6H,7-11,16H2,1-2H3,(H,17,19). The van der Waals surface area contributed by atoms with E-state index in [4.69, 9.17) is 5.84 Å². The topological polar surface area (TPSA) is 58.4 Å². The highest BCUT2D eigenvalue weighted by molar-refractivity contribution is 5.93.